The Hall–Kier alpha value is -3.03. The van der Waals surface area contributed by atoms with Gasteiger partial charge in [-0.15, -0.1) is 0 Å². The number of hydrogen-bond acceptors (Lipinski definition) is 5. The zero-order valence-electron chi connectivity index (χ0n) is 19.3. The summed E-state index contributed by atoms with van der Waals surface area (Å²) in [5.41, 5.74) is 5.39. The van der Waals surface area contributed by atoms with Gasteiger partial charge in [-0.2, -0.15) is 13.2 Å². The fourth-order valence-corrected chi connectivity index (χ4v) is 5.24. The highest BCUT2D eigenvalue weighted by Gasteiger charge is 2.39. The summed E-state index contributed by atoms with van der Waals surface area (Å²) in [7, 11) is 0. The molecule has 4 N–H and O–H groups in total. The minimum atomic E-state index is -4.38. The van der Waals surface area contributed by atoms with Crippen LogP contribution in [0.25, 0.3) is 0 Å². The summed E-state index contributed by atoms with van der Waals surface area (Å²) in [6, 6.07) is 4.09. The van der Waals surface area contributed by atoms with E-state index in [0.717, 1.165) is 31.0 Å². The molecule has 0 saturated carbocycles. The molecule has 0 saturated heterocycles. The van der Waals surface area contributed by atoms with Crippen molar-refractivity contribution in [3.63, 3.8) is 0 Å². The minimum absolute atomic E-state index is 0.0171. The number of nitrogens with one attached hydrogen (secondary N) is 2. The maximum Gasteiger partial charge on any atom is 0.416 e. The molecule has 5 atom stereocenters. The van der Waals surface area contributed by atoms with Crippen molar-refractivity contribution in [3.05, 3.63) is 74.1 Å². The van der Waals surface area contributed by atoms with Gasteiger partial charge < -0.3 is 16.4 Å². The van der Waals surface area contributed by atoms with E-state index in [-0.39, 0.29) is 41.1 Å². The number of alkyl halides is 3. The van der Waals surface area contributed by atoms with Gasteiger partial charge in [-0.05, 0) is 60.8 Å². The smallest absolute Gasteiger partial charge is 0.394 e. The Morgan fingerprint density at radius 2 is 1.97 bits per heavy atom. The first-order chi connectivity index (χ1) is 16.1. The van der Waals surface area contributed by atoms with Crippen molar-refractivity contribution in [3.8, 4) is 0 Å². The maximum absolute atomic E-state index is 13.4. The Kier molecular flexibility index (Phi) is 6.60. The largest absolute Gasteiger partial charge is 0.416 e. The molecule has 4 rings (SSSR count). The first-order valence-corrected chi connectivity index (χ1v) is 11.7. The molecule has 0 bridgehead atoms. The Balaban J connectivity index is 1.50. The fraction of sp³-hybridized carbons (Fsp3) is 0.462. The molecule has 1 aliphatic carbocycles. The summed E-state index contributed by atoms with van der Waals surface area (Å²) in [6.45, 7) is 4.56. The Labute approximate surface area is 196 Å². The standard InChI is InChI=1S/C26H30F3N3O2/c1-14(13-31-23-21(30)24(33)25(23)34)8-10-18-15(2)19-12-17(26(27,28)29)9-11-20(19)32-22(18)16-6-4-3-5-7-16/h3-6,9,11-12,14-16,18,22,31-32H,7-8,10,13,30H2,1-2H3/t14-,15+,16?,18?,22+/m1/s1. The van der Waals surface area contributed by atoms with Crippen molar-refractivity contribution in [1.82, 2.24) is 0 Å². The van der Waals surface area contributed by atoms with E-state index in [9.17, 15) is 22.8 Å². The van der Waals surface area contributed by atoms with Crippen molar-refractivity contribution < 1.29 is 13.2 Å². The average Bonchev–Trinajstić information content (AvgIpc) is 2.82. The van der Waals surface area contributed by atoms with Gasteiger partial charge in [-0.1, -0.05) is 38.2 Å². The number of nitrogens with two attached hydrogens (primary N) is 1. The SMILES string of the molecule is C[C@H](CCC1[C@H](C2C=CC=CC2)Nc2ccc(C(F)(F)F)cc2[C@H]1C)CNc1c(N)c(=O)c1=O. The summed E-state index contributed by atoms with van der Waals surface area (Å²) in [5, 5.41) is 6.55. The Morgan fingerprint density at radius 1 is 1.21 bits per heavy atom. The maximum atomic E-state index is 13.4. The van der Waals surface area contributed by atoms with Gasteiger partial charge in [0.15, 0.2) is 0 Å². The van der Waals surface area contributed by atoms with E-state index >= 15 is 0 Å². The van der Waals surface area contributed by atoms with E-state index in [1.807, 2.05) is 26.0 Å². The molecule has 0 fully saturated rings. The number of rotatable bonds is 7. The van der Waals surface area contributed by atoms with Gasteiger partial charge in [0, 0.05) is 24.2 Å². The van der Waals surface area contributed by atoms with Crippen LogP contribution in [0.15, 0.2) is 52.1 Å². The van der Waals surface area contributed by atoms with Gasteiger partial charge in [0.25, 0.3) is 10.9 Å². The van der Waals surface area contributed by atoms with Crippen LogP contribution in [-0.4, -0.2) is 12.6 Å². The van der Waals surface area contributed by atoms with Crippen molar-refractivity contribution in [1.29, 1.82) is 0 Å². The van der Waals surface area contributed by atoms with E-state index in [1.54, 1.807) is 6.07 Å². The molecule has 0 spiro atoms. The lowest BCUT2D eigenvalue weighted by molar-refractivity contribution is -0.137. The second-order valence-corrected chi connectivity index (χ2v) is 9.65. The average molecular weight is 474 g/mol. The zero-order valence-corrected chi connectivity index (χ0v) is 19.3. The number of allylic oxidation sites excluding steroid dienone is 3. The van der Waals surface area contributed by atoms with Crippen LogP contribution < -0.4 is 27.2 Å². The Bertz CT molecular complexity index is 1180. The van der Waals surface area contributed by atoms with Crippen molar-refractivity contribution in [2.45, 2.75) is 51.2 Å². The van der Waals surface area contributed by atoms with E-state index in [0.29, 0.717) is 12.1 Å². The summed E-state index contributed by atoms with van der Waals surface area (Å²) >= 11 is 0. The minimum Gasteiger partial charge on any atom is -0.394 e. The lowest BCUT2D eigenvalue weighted by atomic mass is 9.70. The first kappa shape index (κ1) is 24.1. The molecule has 0 radical (unpaired) electrons. The van der Waals surface area contributed by atoms with Crippen LogP contribution in [0.5, 0.6) is 0 Å². The zero-order chi connectivity index (χ0) is 24.6. The van der Waals surface area contributed by atoms with Crippen molar-refractivity contribution >= 4 is 17.1 Å². The number of anilines is 3. The fourth-order valence-electron chi connectivity index (χ4n) is 5.24. The third-order valence-electron chi connectivity index (χ3n) is 7.34. The van der Waals surface area contributed by atoms with Crippen LogP contribution in [0.1, 0.15) is 50.2 Å². The van der Waals surface area contributed by atoms with E-state index in [2.05, 4.69) is 22.8 Å². The molecule has 2 aliphatic rings. The van der Waals surface area contributed by atoms with Gasteiger partial charge in [0.1, 0.15) is 11.4 Å². The normalized spacial score (nSPS) is 25.1. The van der Waals surface area contributed by atoms with Crippen LogP contribution in [0, 0.1) is 17.8 Å². The third kappa shape index (κ3) is 4.63. The van der Waals surface area contributed by atoms with Crippen LogP contribution in [0.3, 0.4) is 0 Å². The second-order valence-electron chi connectivity index (χ2n) is 9.65. The van der Waals surface area contributed by atoms with Crippen molar-refractivity contribution in [2.24, 2.45) is 17.8 Å². The quantitative estimate of drug-likeness (QED) is 0.490. The van der Waals surface area contributed by atoms with Gasteiger partial charge >= 0.3 is 6.18 Å². The predicted molar refractivity (Wildman–Crippen MR) is 130 cm³/mol. The van der Waals surface area contributed by atoms with Crippen molar-refractivity contribution in [2.75, 3.05) is 22.9 Å². The molecule has 182 valence electrons. The molecule has 2 unspecified atom stereocenters. The van der Waals surface area contributed by atoms with E-state index in [4.69, 9.17) is 5.73 Å². The van der Waals surface area contributed by atoms with E-state index < -0.39 is 22.6 Å². The van der Waals surface area contributed by atoms with Crippen LogP contribution in [0.4, 0.5) is 30.2 Å². The molecule has 2 aromatic rings. The van der Waals surface area contributed by atoms with Gasteiger partial charge in [0.2, 0.25) is 0 Å². The molecular weight excluding hydrogens is 443 g/mol. The molecule has 1 heterocycles. The molecule has 0 aromatic heterocycles. The predicted octanol–water partition coefficient (Wildman–Crippen LogP) is 5.06. The number of nitrogen functional groups attached to an aromatic ring is 1. The number of hydrogen-bond donors (Lipinski definition) is 3. The number of halogens is 3. The number of benzene rings is 1. The van der Waals surface area contributed by atoms with Crippen LogP contribution in [0.2, 0.25) is 0 Å². The highest BCUT2D eigenvalue weighted by atomic mass is 19.4. The molecule has 34 heavy (non-hydrogen) atoms. The molecule has 2 aromatic carbocycles. The van der Waals surface area contributed by atoms with E-state index in [1.165, 1.54) is 6.07 Å². The van der Waals surface area contributed by atoms with Crippen LogP contribution >= 0.6 is 0 Å². The highest BCUT2D eigenvalue weighted by Crippen LogP contribution is 2.45. The van der Waals surface area contributed by atoms with Gasteiger partial charge in [0.05, 0.1) is 5.56 Å². The second kappa shape index (κ2) is 9.31. The van der Waals surface area contributed by atoms with Crippen LogP contribution in [-0.2, 0) is 6.18 Å². The summed E-state index contributed by atoms with van der Waals surface area (Å²) in [5.74, 6) is 0.522. The Morgan fingerprint density at radius 3 is 2.62 bits per heavy atom. The molecule has 8 heteroatoms. The topological polar surface area (TPSA) is 84.2 Å². The monoisotopic (exact) mass is 473 g/mol. The highest BCUT2D eigenvalue weighted by molar-refractivity contribution is 5.71. The number of fused-ring (bicyclic) bond motifs is 1. The lowest BCUT2D eigenvalue weighted by Crippen LogP contribution is -2.42. The van der Waals surface area contributed by atoms with Gasteiger partial charge in [-0.25, -0.2) is 0 Å². The van der Waals surface area contributed by atoms with Gasteiger partial charge in [-0.3, -0.25) is 9.59 Å². The summed E-state index contributed by atoms with van der Waals surface area (Å²) in [4.78, 5) is 22.9. The first-order valence-electron chi connectivity index (χ1n) is 11.7. The molecule has 0 amide bonds. The lowest BCUT2D eigenvalue weighted by Gasteiger charge is -2.43. The summed E-state index contributed by atoms with van der Waals surface area (Å²) < 4.78 is 40.1. The third-order valence-corrected chi connectivity index (χ3v) is 7.34. The molecular formula is C26H30F3N3O2. The summed E-state index contributed by atoms with van der Waals surface area (Å²) in [6.07, 6.45) is 6.47. The molecule has 1 aliphatic heterocycles. The molecule has 5 nitrogen and oxygen atoms in total.